The normalized spacial score (nSPS) is 18.7. The summed E-state index contributed by atoms with van der Waals surface area (Å²) in [5, 5.41) is 3.71. The van der Waals surface area contributed by atoms with Gasteiger partial charge >= 0.3 is 0 Å². The van der Waals surface area contributed by atoms with Gasteiger partial charge < -0.3 is 5.32 Å². The molecule has 1 N–H and O–H groups in total. The van der Waals surface area contributed by atoms with Crippen molar-refractivity contribution in [3.8, 4) is 0 Å². The van der Waals surface area contributed by atoms with Gasteiger partial charge in [-0.05, 0) is 54.8 Å². The molecule has 1 aliphatic rings. The van der Waals surface area contributed by atoms with Crippen molar-refractivity contribution >= 4 is 15.9 Å². The summed E-state index contributed by atoms with van der Waals surface area (Å²) in [6, 6.07) is 8.96. The zero-order valence-electron chi connectivity index (χ0n) is 13.6. The Morgan fingerprint density at radius 2 is 1.81 bits per heavy atom. The highest BCUT2D eigenvalue weighted by Crippen LogP contribution is 2.35. The Balaban J connectivity index is 2.08. The minimum atomic E-state index is 0.666. The van der Waals surface area contributed by atoms with Crippen LogP contribution in [0.15, 0.2) is 28.7 Å². The maximum Gasteiger partial charge on any atom is 0.0178 e. The van der Waals surface area contributed by atoms with E-state index in [1.807, 2.05) is 0 Å². The summed E-state index contributed by atoms with van der Waals surface area (Å²) in [6.45, 7) is 6.82. The lowest BCUT2D eigenvalue weighted by molar-refractivity contribution is 0.355. The lowest BCUT2D eigenvalue weighted by Gasteiger charge is -2.27. The van der Waals surface area contributed by atoms with Gasteiger partial charge in [0.25, 0.3) is 0 Å². The molecule has 0 spiro atoms. The van der Waals surface area contributed by atoms with E-state index in [4.69, 9.17) is 0 Å². The minimum absolute atomic E-state index is 0.666. The molecule has 1 saturated carbocycles. The molecule has 1 aromatic carbocycles. The molecule has 0 aliphatic heterocycles. The molecule has 1 fully saturated rings. The standard InChI is InChI=1S/C19H30BrN/c1-15(2)13-21-14-19(16-8-5-3-4-6-9-16)17-10-7-11-18(20)12-17/h7,10-12,15-16,19,21H,3-6,8-9,13-14H2,1-2H3. The molecule has 0 radical (unpaired) electrons. The molecule has 1 nitrogen and oxygen atoms in total. The van der Waals surface area contributed by atoms with E-state index < -0.39 is 0 Å². The second kappa shape index (κ2) is 8.95. The lowest BCUT2D eigenvalue weighted by Crippen LogP contribution is -2.29. The Morgan fingerprint density at radius 3 is 2.43 bits per heavy atom. The van der Waals surface area contributed by atoms with Crippen LogP contribution in [0, 0.1) is 11.8 Å². The molecule has 0 aromatic heterocycles. The van der Waals surface area contributed by atoms with Crippen LogP contribution in [-0.2, 0) is 0 Å². The third kappa shape index (κ3) is 5.75. The predicted molar refractivity (Wildman–Crippen MR) is 95.8 cm³/mol. The zero-order valence-corrected chi connectivity index (χ0v) is 15.2. The first kappa shape index (κ1) is 17.0. The molecule has 2 heteroatoms. The van der Waals surface area contributed by atoms with Gasteiger partial charge in [0.05, 0.1) is 0 Å². The molecule has 118 valence electrons. The highest BCUT2D eigenvalue weighted by Gasteiger charge is 2.24. The van der Waals surface area contributed by atoms with Crippen molar-refractivity contribution in [3.05, 3.63) is 34.3 Å². The molecule has 1 aliphatic carbocycles. The fourth-order valence-corrected chi connectivity index (χ4v) is 3.95. The number of hydrogen-bond acceptors (Lipinski definition) is 1. The molecule has 2 rings (SSSR count). The fraction of sp³-hybridized carbons (Fsp3) is 0.684. The average molecular weight is 352 g/mol. The van der Waals surface area contributed by atoms with Crippen LogP contribution in [0.4, 0.5) is 0 Å². The smallest absolute Gasteiger partial charge is 0.0178 e. The third-order valence-corrected chi connectivity index (χ3v) is 5.16. The zero-order chi connectivity index (χ0) is 15.1. The molecule has 0 saturated heterocycles. The van der Waals surface area contributed by atoms with Crippen molar-refractivity contribution in [2.24, 2.45) is 11.8 Å². The first-order chi connectivity index (χ1) is 10.2. The maximum absolute atomic E-state index is 3.71. The van der Waals surface area contributed by atoms with Gasteiger partial charge in [-0.15, -0.1) is 0 Å². The molecule has 0 heterocycles. The Hall–Kier alpha value is -0.340. The van der Waals surface area contributed by atoms with Gasteiger partial charge in [0.2, 0.25) is 0 Å². The summed E-state index contributed by atoms with van der Waals surface area (Å²) >= 11 is 3.64. The molecule has 0 amide bonds. The Morgan fingerprint density at radius 1 is 1.10 bits per heavy atom. The van der Waals surface area contributed by atoms with Crippen molar-refractivity contribution in [2.75, 3.05) is 13.1 Å². The number of halogens is 1. The predicted octanol–water partition coefficient (Wildman–Crippen LogP) is 5.75. The topological polar surface area (TPSA) is 12.0 Å². The van der Waals surface area contributed by atoms with Gasteiger partial charge in [-0.3, -0.25) is 0 Å². The number of benzene rings is 1. The van der Waals surface area contributed by atoms with Crippen LogP contribution in [0.1, 0.15) is 63.9 Å². The Kier molecular flexibility index (Phi) is 7.25. The SMILES string of the molecule is CC(C)CNCC(c1cccc(Br)c1)C1CCCCCC1. The van der Waals surface area contributed by atoms with Crippen molar-refractivity contribution in [2.45, 2.75) is 58.3 Å². The van der Waals surface area contributed by atoms with Crippen LogP contribution in [0.25, 0.3) is 0 Å². The van der Waals surface area contributed by atoms with Crippen molar-refractivity contribution in [1.82, 2.24) is 5.32 Å². The monoisotopic (exact) mass is 351 g/mol. The summed E-state index contributed by atoms with van der Waals surface area (Å²) in [7, 11) is 0. The van der Waals surface area contributed by atoms with Crippen LogP contribution >= 0.6 is 15.9 Å². The van der Waals surface area contributed by atoms with E-state index in [0.717, 1.165) is 24.9 Å². The molecular formula is C19H30BrN. The molecule has 1 aromatic rings. The van der Waals surface area contributed by atoms with Crippen molar-refractivity contribution in [3.63, 3.8) is 0 Å². The van der Waals surface area contributed by atoms with Gasteiger partial charge in [-0.2, -0.15) is 0 Å². The molecular weight excluding hydrogens is 322 g/mol. The summed E-state index contributed by atoms with van der Waals surface area (Å²) < 4.78 is 1.21. The molecule has 1 unspecified atom stereocenters. The van der Waals surface area contributed by atoms with Gasteiger partial charge in [0.15, 0.2) is 0 Å². The highest BCUT2D eigenvalue weighted by molar-refractivity contribution is 9.10. The van der Waals surface area contributed by atoms with Gasteiger partial charge in [-0.1, -0.05) is 67.6 Å². The van der Waals surface area contributed by atoms with Crippen LogP contribution in [0.3, 0.4) is 0 Å². The van der Waals surface area contributed by atoms with Gasteiger partial charge in [0.1, 0.15) is 0 Å². The van der Waals surface area contributed by atoms with Gasteiger partial charge in [-0.25, -0.2) is 0 Å². The summed E-state index contributed by atoms with van der Waals surface area (Å²) in [6.07, 6.45) is 8.50. The van der Waals surface area contributed by atoms with Crippen LogP contribution < -0.4 is 5.32 Å². The van der Waals surface area contributed by atoms with Crippen LogP contribution in [0.5, 0.6) is 0 Å². The van der Waals surface area contributed by atoms with Crippen LogP contribution in [-0.4, -0.2) is 13.1 Å². The Bertz CT molecular complexity index is 408. The largest absolute Gasteiger partial charge is 0.316 e. The van der Waals surface area contributed by atoms with E-state index in [0.29, 0.717) is 5.92 Å². The van der Waals surface area contributed by atoms with E-state index >= 15 is 0 Å². The Labute approximate surface area is 139 Å². The number of rotatable bonds is 6. The second-order valence-corrected chi connectivity index (χ2v) is 7.88. The minimum Gasteiger partial charge on any atom is -0.316 e. The summed E-state index contributed by atoms with van der Waals surface area (Å²) in [4.78, 5) is 0. The lowest BCUT2D eigenvalue weighted by atomic mass is 9.81. The van der Waals surface area contributed by atoms with Gasteiger partial charge in [0, 0.05) is 11.0 Å². The molecule has 21 heavy (non-hydrogen) atoms. The van der Waals surface area contributed by atoms with E-state index in [1.54, 1.807) is 0 Å². The maximum atomic E-state index is 3.71. The van der Waals surface area contributed by atoms with E-state index in [-0.39, 0.29) is 0 Å². The number of nitrogens with one attached hydrogen (secondary N) is 1. The quantitative estimate of drug-likeness (QED) is 0.643. The second-order valence-electron chi connectivity index (χ2n) is 6.97. The van der Waals surface area contributed by atoms with E-state index in [9.17, 15) is 0 Å². The van der Waals surface area contributed by atoms with Crippen molar-refractivity contribution in [1.29, 1.82) is 0 Å². The molecule has 0 bridgehead atoms. The van der Waals surface area contributed by atoms with Crippen molar-refractivity contribution < 1.29 is 0 Å². The van der Waals surface area contributed by atoms with E-state index in [2.05, 4.69) is 59.4 Å². The molecule has 1 atom stereocenters. The summed E-state index contributed by atoms with van der Waals surface area (Å²) in [5.74, 6) is 2.24. The average Bonchev–Trinajstić information content (AvgIpc) is 2.72. The fourth-order valence-electron chi connectivity index (χ4n) is 3.53. The first-order valence-corrected chi connectivity index (χ1v) is 9.42. The van der Waals surface area contributed by atoms with Crippen LogP contribution in [0.2, 0.25) is 0 Å². The van der Waals surface area contributed by atoms with E-state index in [1.165, 1.54) is 48.6 Å². The highest BCUT2D eigenvalue weighted by atomic mass is 79.9. The summed E-state index contributed by atoms with van der Waals surface area (Å²) in [5.41, 5.74) is 1.51. The number of hydrogen-bond donors (Lipinski definition) is 1. The first-order valence-electron chi connectivity index (χ1n) is 8.63. The third-order valence-electron chi connectivity index (χ3n) is 4.66.